The number of hydrogen-bond donors (Lipinski definition) is 2. The second-order valence-electron chi connectivity index (χ2n) is 6.10. The van der Waals surface area contributed by atoms with E-state index in [1.165, 1.54) is 24.3 Å². The minimum atomic E-state index is -0.551. The van der Waals surface area contributed by atoms with E-state index in [0.717, 1.165) is 22.1 Å². The number of hydrogen-bond acceptors (Lipinski definition) is 3. The molecule has 0 saturated heterocycles. The van der Waals surface area contributed by atoms with Crippen molar-refractivity contribution in [1.29, 1.82) is 0 Å². The molecule has 0 aliphatic carbocycles. The molecule has 0 unspecified atom stereocenters. The molecule has 27 heavy (non-hydrogen) atoms. The Kier molecular flexibility index (Phi) is 5.84. The first kappa shape index (κ1) is 18.6. The van der Waals surface area contributed by atoms with Crippen LogP contribution in [0.1, 0.15) is 17.2 Å². The number of nitrogens with one attached hydrogen (secondary N) is 1. The zero-order valence-electron chi connectivity index (χ0n) is 14.9. The van der Waals surface area contributed by atoms with Crippen LogP contribution in [0.4, 0.5) is 4.39 Å². The quantitative estimate of drug-likeness (QED) is 0.653. The zero-order chi connectivity index (χ0) is 19.2. The third kappa shape index (κ3) is 4.71. The number of ether oxygens (including phenoxy) is 1. The number of carbonyl (C=O) groups is 1. The van der Waals surface area contributed by atoms with Crippen molar-refractivity contribution in [3.63, 3.8) is 0 Å². The van der Waals surface area contributed by atoms with Crippen LogP contribution in [0.5, 0.6) is 5.75 Å². The first-order chi connectivity index (χ1) is 13.1. The summed E-state index contributed by atoms with van der Waals surface area (Å²) < 4.78 is 18.4. The SMILES string of the molecule is COc1ccc2ccc([C@H](CO)NC(=O)/C=C/c3cccc(F)c3)cc2c1. The molecule has 1 amide bonds. The van der Waals surface area contributed by atoms with Crippen molar-refractivity contribution >= 4 is 22.8 Å². The van der Waals surface area contributed by atoms with Crippen LogP contribution in [0, 0.1) is 5.82 Å². The standard InChI is InChI=1S/C22H20FNO3/c1-27-20-9-8-16-6-7-17(12-18(16)13-20)21(14-25)24-22(26)10-5-15-3-2-4-19(23)11-15/h2-13,21,25H,14H2,1H3,(H,24,26)/b10-5+/t21-/m0/s1. The Bertz CT molecular complexity index is 984. The van der Waals surface area contributed by atoms with E-state index < -0.39 is 6.04 Å². The van der Waals surface area contributed by atoms with Crippen LogP contribution >= 0.6 is 0 Å². The number of methoxy groups -OCH3 is 1. The van der Waals surface area contributed by atoms with Crippen LogP contribution in [-0.4, -0.2) is 24.7 Å². The molecule has 0 spiro atoms. The van der Waals surface area contributed by atoms with Gasteiger partial charge in [0.15, 0.2) is 0 Å². The fraction of sp³-hybridized carbons (Fsp3) is 0.136. The lowest BCUT2D eigenvalue weighted by Gasteiger charge is -2.16. The van der Waals surface area contributed by atoms with Gasteiger partial charge < -0.3 is 15.2 Å². The van der Waals surface area contributed by atoms with Gasteiger partial charge in [-0.05, 0) is 58.3 Å². The summed E-state index contributed by atoms with van der Waals surface area (Å²) in [6.45, 7) is -0.241. The molecule has 5 heteroatoms. The second kappa shape index (κ2) is 8.47. The average Bonchev–Trinajstić information content (AvgIpc) is 2.69. The third-order valence-corrected chi connectivity index (χ3v) is 4.25. The number of carbonyl (C=O) groups excluding carboxylic acids is 1. The van der Waals surface area contributed by atoms with Gasteiger partial charge in [0.25, 0.3) is 0 Å². The fourth-order valence-electron chi connectivity index (χ4n) is 2.82. The maximum Gasteiger partial charge on any atom is 0.244 e. The molecule has 3 aromatic rings. The molecule has 0 bridgehead atoms. The molecule has 138 valence electrons. The van der Waals surface area contributed by atoms with Crippen LogP contribution in [0.25, 0.3) is 16.8 Å². The van der Waals surface area contributed by atoms with E-state index in [-0.39, 0.29) is 18.3 Å². The molecule has 3 aromatic carbocycles. The van der Waals surface area contributed by atoms with Crippen LogP contribution < -0.4 is 10.1 Å². The Morgan fingerprint density at radius 1 is 1.15 bits per heavy atom. The minimum absolute atomic E-state index is 0.241. The highest BCUT2D eigenvalue weighted by Gasteiger charge is 2.13. The van der Waals surface area contributed by atoms with E-state index in [1.54, 1.807) is 19.2 Å². The Hall–Kier alpha value is -3.18. The van der Waals surface area contributed by atoms with Gasteiger partial charge in [-0.1, -0.05) is 30.3 Å². The summed E-state index contributed by atoms with van der Waals surface area (Å²) in [4.78, 5) is 12.2. The predicted octanol–water partition coefficient (Wildman–Crippen LogP) is 3.85. The summed E-state index contributed by atoms with van der Waals surface area (Å²) in [6.07, 6.45) is 2.85. The van der Waals surface area contributed by atoms with Gasteiger partial charge in [-0.3, -0.25) is 4.79 Å². The lowest BCUT2D eigenvalue weighted by atomic mass is 10.0. The highest BCUT2D eigenvalue weighted by atomic mass is 19.1. The average molecular weight is 365 g/mol. The molecule has 0 aliphatic rings. The van der Waals surface area contributed by atoms with Gasteiger partial charge >= 0.3 is 0 Å². The lowest BCUT2D eigenvalue weighted by molar-refractivity contribution is -0.117. The van der Waals surface area contributed by atoms with Gasteiger partial charge in [-0.25, -0.2) is 4.39 Å². The maximum absolute atomic E-state index is 13.2. The Balaban J connectivity index is 1.76. The highest BCUT2D eigenvalue weighted by molar-refractivity contribution is 5.92. The summed E-state index contributed by atoms with van der Waals surface area (Å²) in [5.74, 6) is 0.00342. The molecule has 1 atom stereocenters. The van der Waals surface area contributed by atoms with Gasteiger partial charge in [0.1, 0.15) is 11.6 Å². The van der Waals surface area contributed by atoms with Crippen molar-refractivity contribution in [1.82, 2.24) is 5.32 Å². The molecule has 0 fully saturated rings. The lowest BCUT2D eigenvalue weighted by Crippen LogP contribution is -2.29. The van der Waals surface area contributed by atoms with Gasteiger partial charge in [0, 0.05) is 6.08 Å². The largest absolute Gasteiger partial charge is 0.497 e. The smallest absolute Gasteiger partial charge is 0.244 e. The number of rotatable bonds is 6. The molecule has 3 rings (SSSR count). The molecule has 0 aliphatic heterocycles. The predicted molar refractivity (Wildman–Crippen MR) is 104 cm³/mol. The zero-order valence-corrected chi connectivity index (χ0v) is 14.9. The van der Waals surface area contributed by atoms with E-state index in [4.69, 9.17) is 4.74 Å². The summed E-state index contributed by atoms with van der Waals surface area (Å²) in [6, 6.07) is 16.8. The van der Waals surface area contributed by atoms with Crippen LogP contribution in [0.15, 0.2) is 66.7 Å². The van der Waals surface area contributed by atoms with Crippen LogP contribution in [0.3, 0.4) is 0 Å². The Labute approximate surface area is 156 Å². The highest BCUT2D eigenvalue weighted by Crippen LogP contribution is 2.24. The number of aliphatic hydroxyl groups excluding tert-OH is 1. The number of fused-ring (bicyclic) bond motifs is 1. The van der Waals surface area contributed by atoms with Crippen LogP contribution in [0.2, 0.25) is 0 Å². The molecule has 0 saturated carbocycles. The topological polar surface area (TPSA) is 58.6 Å². The van der Waals surface area contributed by atoms with E-state index in [9.17, 15) is 14.3 Å². The van der Waals surface area contributed by atoms with E-state index >= 15 is 0 Å². The Morgan fingerprint density at radius 2 is 1.96 bits per heavy atom. The molecular weight excluding hydrogens is 345 g/mol. The van der Waals surface area contributed by atoms with Gasteiger partial charge in [0.05, 0.1) is 19.8 Å². The van der Waals surface area contributed by atoms with Crippen LogP contribution in [-0.2, 0) is 4.79 Å². The van der Waals surface area contributed by atoms with E-state index in [1.807, 2.05) is 36.4 Å². The number of aliphatic hydroxyl groups is 1. The van der Waals surface area contributed by atoms with Crippen molar-refractivity contribution in [2.75, 3.05) is 13.7 Å². The molecular formula is C22H20FNO3. The molecule has 2 N–H and O–H groups in total. The third-order valence-electron chi connectivity index (χ3n) is 4.25. The van der Waals surface area contributed by atoms with Gasteiger partial charge in [0.2, 0.25) is 5.91 Å². The first-order valence-electron chi connectivity index (χ1n) is 8.52. The summed E-state index contributed by atoms with van der Waals surface area (Å²) in [7, 11) is 1.60. The summed E-state index contributed by atoms with van der Waals surface area (Å²) in [5, 5.41) is 14.5. The van der Waals surface area contributed by atoms with Gasteiger partial charge in [-0.15, -0.1) is 0 Å². The van der Waals surface area contributed by atoms with Crippen molar-refractivity contribution in [3.05, 3.63) is 83.7 Å². The molecule has 0 heterocycles. The minimum Gasteiger partial charge on any atom is -0.497 e. The van der Waals surface area contributed by atoms with Crippen molar-refractivity contribution in [3.8, 4) is 5.75 Å². The normalized spacial score (nSPS) is 12.3. The second-order valence-corrected chi connectivity index (χ2v) is 6.10. The number of benzene rings is 3. The summed E-state index contributed by atoms with van der Waals surface area (Å²) >= 11 is 0. The first-order valence-corrected chi connectivity index (χ1v) is 8.52. The number of halogens is 1. The summed E-state index contributed by atoms with van der Waals surface area (Å²) in [5.41, 5.74) is 1.37. The van der Waals surface area contributed by atoms with Crippen molar-refractivity contribution in [2.45, 2.75) is 6.04 Å². The van der Waals surface area contributed by atoms with Gasteiger partial charge in [-0.2, -0.15) is 0 Å². The Morgan fingerprint density at radius 3 is 2.70 bits per heavy atom. The van der Waals surface area contributed by atoms with E-state index in [2.05, 4.69) is 5.32 Å². The molecule has 0 aromatic heterocycles. The van der Waals surface area contributed by atoms with Crippen molar-refractivity contribution < 1.29 is 19.0 Å². The monoisotopic (exact) mass is 365 g/mol. The number of amides is 1. The fourth-order valence-corrected chi connectivity index (χ4v) is 2.82. The van der Waals surface area contributed by atoms with E-state index in [0.29, 0.717) is 5.56 Å². The van der Waals surface area contributed by atoms with Crippen molar-refractivity contribution in [2.24, 2.45) is 0 Å². The maximum atomic E-state index is 13.2. The molecule has 0 radical (unpaired) electrons. The molecule has 4 nitrogen and oxygen atoms in total.